The van der Waals surface area contributed by atoms with Crippen molar-refractivity contribution in [1.82, 2.24) is 85.1 Å². The van der Waals surface area contributed by atoms with E-state index in [0.29, 0.717) is 61.0 Å². The summed E-state index contributed by atoms with van der Waals surface area (Å²) in [7, 11) is 0. The number of amides is 13. The molecule has 13 amide bonds. The van der Waals surface area contributed by atoms with Crippen LogP contribution in [-0.2, 0) is 86.4 Å². The summed E-state index contributed by atoms with van der Waals surface area (Å²) in [4.78, 5) is 201. The molecular formula is C85H141N27O16S. The second-order valence-corrected chi connectivity index (χ2v) is 32.7. The number of hydrogen-bond acceptors (Lipinski definition) is 24. The first-order valence-electron chi connectivity index (χ1n) is 43.8. The molecule has 44 heteroatoms. The minimum absolute atomic E-state index is 0.0000903. The van der Waals surface area contributed by atoms with Gasteiger partial charge in [-0.15, -0.1) is 0 Å². The van der Waals surface area contributed by atoms with Gasteiger partial charge in [0.15, 0.2) is 17.9 Å². The normalized spacial score (nSPS) is 14.1. The van der Waals surface area contributed by atoms with Gasteiger partial charge in [0.25, 0.3) is 0 Å². The third kappa shape index (κ3) is 46.6. The average molecular weight is 1830 g/mol. The highest BCUT2D eigenvalue weighted by atomic mass is 32.2. The van der Waals surface area contributed by atoms with E-state index in [1.54, 1.807) is 105 Å². The molecule has 3 aromatic rings. The van der Waals surface area contributed by atoms with E-state index >= 15 is 28.8 Å². The van der Waals surface area contributed by atoms with Crippen LogP contribution in [0.25, 0.3) is 0 Å². The summed E-state index contributed by atoms with van der Waals surface area (Å²) in [5, 5.41) is 85.4. The van der Waals surface area contributed by atoms with Crippen molar-refractivity contribution in [2.24, 2.45) is 51.8 Å². The van der Waals surface area contributed by atoms with E-state index in [2.05, 4.69) is 85.1 Å². The number of thioether (sulfide) groups is 1. The molecule has 0 aliphatic carbocycles. The Kier molecular flexibility index (Phi) is 55.2. The number of aliphatic hydroxyl groups is 1. The molecule has 718 valence electrons. The van der Waals surface area contributed by atoms with Crippen molar-refractivity contribution in [3.8, 4) is 0 Å². The SMILES string of the molecule is CSCC[C@H](N)C(=O)NCC(=O)N[C@@H](CCCNC(=N)N)C(=O)N[C@@H](Cc1ccccc1)C(=O)N[C@@H](CCCCN)C(=O)N[C@@H](CCCNC(=N)N)C(=O)N[C@@H](Cc1ccccc1)C(=O)N[C@@H](CCCNC(=N)N)C(=O)N[C@@H](CCCCN)C(=O)N[C@@H](Cc1ccccc1)C(=O)N[C@@H](CCCCN)C(=O)N[C@@H](CCCCN)C(=O)N[C@@H](CC(C)C)C(=O)N[C@@H](CO)C(=O)O. The molecule has 0 spiro atoms. The van der Waals surface area contributed by atoms with Crippen molar-refractivity contribution < 1.29 is 77.3 Å². The molecule has 0 saturated carbocycles. The molecule has 13 atom stereocenters. The van der Waals surface area contributed by atoms with E-state index in [1.807, 2.05) is 6.26 Å². The van der Waals surface area contributed by atoms with Crippen LogP contribution in [-0.4, -0.2) is 260 Å². The second kappa shape index (κ2) is 64.0. The van der Waals surface area contributed by atoms with Crippen LogP contribution in [0.1, 0.15) is 159 Å². The third-order valence-electron chi connectivity index (χ3n) is 20.5. The van der Waals surface area contributed by atoms with Crippen molar-refractivity contribution in [3.05, 3.63) is 108 Å². The number of guanidine groups is 3. The molecule has 0 aliphatic rings. The molecule has 0 heterocycles. The number of hydrogen-bond donors (Lipinski definition) is 29. The molecule has 0 unspecified atom stereocenters. The maximum absolute atomic E-state index is 15.3. The average Bonchev–Trinajstić information content (AvgIpc) is 0.843. The van der Waals surface area contributed by atoms with Gasteiger partial charge in [-0.3, -0.25) is 78.6 Å². The minimum Gasteiger partial charge on any atom is -0.480 e. The number of benzene rings is 3. The Hall–Kier alpha value is -11.8. The van der Waals surface area contributed by atoms with Gasteiger partial charge in [0, 0.05) is 38.9 Å². The molecule has 37 N–H and O–H groups in total. The molecule has 0 radical (unpaired) electrons. The van der Waals surface area contributed by atoms with Crippen molar-refractivity contribution in [2.75, 3.05) is 71.0 Å². The number of rotatable bonds is 67. The number of carboxylic acids is 1. The minimum atomic E-state index is -1.69. The third-order valence-corrected chi connectivity index (χ3v) is 21.1. The van der Waals surface area contributed by atoms with Gasteiger partial charge >= 0.3 is 5.97 Å². The van der Waals surface area contributed by atoms with E-state index < -0.39 is 186 Å². The van der Waals surface area contributed by atoms with E-state index in [0.717, 1.165) is 0 Å². The van der Waals surface area contributed by atoms with Gasteiger partial charge in [0.05, 0.1) is 19.2 Å². The van der Waals surface area contributed by atoms with Crippen molar-refractivity contribution in [1.29, 1.82) is 16.2 Å². The fourth-order valence-corrected chi connectivity index (χ4v) is 13.9. The first kappa shape index (κ1) is 111. The molecular weight excluding hydrogens is 1690 g/mol. The molecule has 129 heavy (non-hydrogen) atoms. The lowest BCUT2D eigenvalue weighted by molar-refractivity contribution is -0.143. The number of unbranched alkanes of at least 4 members (excludes halogenated alkanes) is 4. The van der Waals surface area contributed by atoms with Gasteiger partial charge in [-0.25, -0.2) is 4.79 Å². The van der Waals surface area contributed by atoms with Crippen LogP contribution in [0.3, 0.4) is 0 Å². The molecule has 43 nitrogen and oxygen atoms in total. The summed E-state index contributed by atoms with van der Waals surface area (Å²) in [6.45, 7) is 2.88. The number of carboxylic acid groups (broad SMARTS) is 1. The predicted octanol–water partition coefficient (Wildman–Crippen LogP) is -4.84. The van der Waals surface area contributed by atoms with E-state index in [1.165, 1.54) is 11.8 Å². The lowest BCUT2D eigenvalue weighted by atomic mass is 10.0. The standard InChI is InChI=1S/C85H141N27O16S/c1-52(2)46-64(78(123)112-68(51-113)82(127)128)108-75(120)60(32-15-19-40-88)102-72(117)58(30-13-17-38-86)105-80(125)66(48-54-26-9-5-10-27-54)110-76(121)61(33-16-20-41-89)103-74(119)62(35-22-43-98-84(93)94)107-81(126)67(49-55-28-11-6-12-29-55)111-77(122)63(36-23-44-99-85(95)96)104-73(118)59(31-14-18-39-87)106-79(124)65(47-53-24-7-4-8-25-53)109-71(116)57(34-21-42-97-83(91)92)101-69(114)50-100-70(115)56(90)37-45-129-3/h4-12,24-29,52,56-68,113H,13-23,30-51,86-90H2,1-3H3,(H,100,115)(H,101,114)(H,102,117)(H,103,119)(H,104,118)(H,105,125)(H,106,124)(H,107,126)(H,108,120)(H,109,116)(H,110,121)(H,111,122)(H,112,123)(H,127,128)(H4,91,92,97)(H4,93,94,98)(H4,95,96,99)/t56-,57-,58-,59-,60-,61-,62-,63-,64-,65-,66-,67-,68-/m0/s1. The first-order valence-corrected chi connectivity index (χ1v) is 45.2. The molecule has 3 rings (SSSR count). The van der Waals surface area contributed by atoms with Crippen molar-refractivity contribution >= 4 is 112 Å². The van der Waals surface area contributed by atoms with Crippen molar-refractivity contribution in [3.63, 3.8) is 0 Å². The quantitative estimate of drug-likeness (QED) is 0.0143. The largest absolute Gasteiger partial charge is 0.480 e. The maximum atomic E-state index is 15.3. The first-order chi connectivity index (χ1) is 61.7. The smallest absolute Gasteiger partial charge is 0.328 e. The fraction of sp³-hybridized carbons (Fsp3) is 0.588. The number of aliphatic carboxylic acids is 1. The number of carbonyl (C=O) groups excluding carboxylic acids is 13. The second-order valence-electron chi connectivity index (χ2n) is 31.7. The van der Waals surface area contributed by atoms with Crippen LogP contribution >= 0.6 is 11.8 Å². The Morgan fingerprint density at radius 3 is 0.837 bits per heavy atom. The summed E-state index contributed by atoms with van der Waals surface area (Å²) >= 11 is 1.48. The number of nitrogens with one attached hydrogen (secondary N) is 19. The zero-order valence-electron chi connectivity index (χ0n) is 74.2. The summed E-state index contributed by atoms with van der Waals surface area (Å²) in [6, 6.07) is 6.98. The summed E-state index contributed by atoms with van der Waals surface area (Å²) in [5.41, 5.74) is 48.1. The Morgan fingerprint density at radius 1 is 0.333 bits per heavy atom. The van der Waals surface area contributed by atoms with Gasteiger partial charge in [-0.1, -0.05) is 105 Å². The van der Waals surface area contributed by atoms with Crippen LogP contribution in [0.2, 0.25) is 0 Å². The molecule has 3 aromatic carbocycles. The summed E-state index contributed by atoms with van der Waals surface area (Å²) in [5.74, 6) is -13.4. The monoisotopic (exact) mass is 1830 g/mol. The Bertz CT molecular complexity index is 4000. The lowest BCUT2D eigenvalue weighted by Crippen LogP contribution is -2.61. The Labute approximate surface area is 758 Å². The van der Waals surface area contributed by atoms with Crippen LogP contribution in [0.4, 0.5) is 0 Å². The molecule has 0 saturated heterocycles. The number of nitrogens with two attached hydrogens (primary N) is 8. The van der Waals surface area contributed by atoms with E-state index in [-0.39, 0.29) is 167 Å². The number of carbonyl (C=O) groups is 14. The fourth-order valence-electron chi connectivity index (χ4n) is 13.4. The Morgan fingerprint density at radius 2 is 0.581 bits per heavy atom. The highest BCUT2D eigenvalue weighted by molar-refractivity contribution is 7.98. The lowest BCUT2D eigenvalue weighted by Gasteiger charge is -2.29. The van der Waals surface area contributed by atoms with Gasteiger partial charge in [-0.05, 0) is 189 Å². The van der Waals surface area contributed by atoms with Crippen LogP contribution < -0.4 is 131 Å². The maximum Gasteiger partial charge on any atom is 0.328 e. The molecule has 0 fully saturated rings. The number of aliphatic hydroxyl groups excluding tert-OH is 1. The predicted molar refractivity (Wildman–Crippen MR) is 491 cm³/mol. The van der Waals surface area contributed by atoms with Gasteiger partial charge in [0.2, 0.25) is 76.8 Å². The summed E-state index contributed by atoms with van der Waals surface area (Å²) < 4.78 is 0. The van der Waals surface area contributed by atoms with E-state index in [9.17, 15) is 48.6 Å². The molecule has 0 aliphatic heterocycles. The molecule has 0 aromatic heterocycles. The van der Waals surface area contributed by atoms with Crippen LogP contribution in [0.5, 0.6) is 0 Å². The Balaban J connectivity index is 2.15. The van der Waals surface area contributed by atoms with Gasteiger partial charge in [0.1, 0.15) is 72.5 Å². The molecule has 0 bridgehead atoms. The van der Waals surface area contributed by atoms with Gasteiger partial charge in [-0.2, -0.15) is 11.8 Å². The highest BCUT2D eigenvalue weighted by Gasteiger charge is 2.38. The van der Waals surface area contributed by atoms with Gasteiger partial charge < -0.3 is 141 Å². The van der Waals surface area contributed by atoms with Crippen LogP contribution in [0, 0.1) is 22.1 Å². The zero-order chi connectivity index (χ0) is 95.6. The zero-order valence-corrected chi connectivity index (χ0v) is 75.0. The van der Waals surface area contributed by atoms with Crippen molar-refractivity contribution in [2.45, 2.75) is 240 Å². The van der Waals surface area contributed by atoms with E-state index in [4.69, 9.17) is 62.1 Å². The highest BCUT2D eigenvalue weighted by Crippen LogP contribution is 2.17. The van der Waals surface area contributed by atoms with Crippen LogP contribution in [0.15, 0.2) is 91.0 Å². The summed E-state index contributed by atoms with van der Waals surface area (Å²) in [6.07, 6.45) is 3.86. The topological polar surface area (TPSA) is 752 Å².